The van der Waals surface area contributed by atoms with Gasteiger partial charge in [-0.1, -0.05) is 0 Å². The number of carbonyl (C=O) groups excluding carboxylic acids is 1. The minimum Gasteiger partial charge on any atom is -0.444 e. The lowest BCUT2D eigenvalue weighted by Crippen LogP contribution is -2.41. The van der Waals surface area contributed by atoms with Gasteiger partial charge in [-0.2, -0.15) is 0 Å². The maximum atomic E-state index is 12.5. The van der Waals surface area contributed by atoms with Crippen LogP contribution in [-0.2, 0) is 16.1 Å². The third kappa shape index (κ3) is 4.32. The van der Waals surface area contributed by atoms with Crippen LogP contribution in [0.4, 0.5) is 0 Å². The molecule has 0 unspecified atom stereocenters. The van der Waals surface area contributed by atoms with Crippen molar-refractivity contribution in [1.82, 2.24) is 14.8 Å². The van der Waals surface area contributed by atoms with Gasteiger partial charge in [0.25, 0.3) is 0 Å². The van der Waals surface area contributed by atoms with Crippen LogP contribution in [0.1, 0.15) is 43.0 Å². The second kappa shape index (κ2) is 7.45. The topological polar surface area (TPSA) is 58.8 Å². The number of likely N-dealkylation sites (tertiary alicyclic amines) is 1. The van der Waals surface area contributed by atoms with Gasteiger partial charge in [0.05, 0.1) is 24.9 Å². The zero-order chi connectivity index (χ0) is 16.2. The average Bonchev–Trinajstić information content (AvgIpc) is 3.23. The van der Waals surface area contributed by atoms with Crippen molar-refractivity contribution in [3.63, 3.8) is 0 Å². The summed E-state index contributed by atoms with van der Waals surface area (Å²) >= 11 is 0. The number of aromatic nitrogens is 1. The Kier molecular flexibility index (Phi) is 5.33. The van der Waals surface area contributed by atoms with Crippen molar-refractivity contribution in [2.75, 3.05) is 32.8 Å². The standard InChI is InChI=1S/C17H27N3O3/c1-13-14(2)23-16(18-13)11-19(10-15-6-5-9-22-15)12-17(21)20-7-3-4-8-20/h15H,3-12H2,1-2H3/t15-/m0/s1. The fraction of sp³-hybridized carbons (Fsp3) is 0.765. The number of hydrogen-bond donors (Lipinski definition) is 0. The van der Waals surface area contributed by atoms with Crippen LogP contribution in [-0.4, -0.2) is 59.6 Å². The highest BCUT2D eigenvalue weighted by molar-refractivity contribution is 5.78. The lowest BCUT2D eigenvalue weighted by Gasteiger charge is -2.25. The minimum atomic E-state index is 0.209. The Morgan fingerprint density at radius 2 is 2.09 bits per heavy atom. The number of ether oxygens (including phenoxy) is 1. The van der Waals surface area contributed by atoms with Crippen molar-refractivity contribution in [3.8, 4) is 0 Å². The lowest BCUT2D eigenvalue weighted by atomic mass is 10.2. The Labute approximate surface area is 137 Å². The normalized spacial score (nSPS) is 21.5. The van der Waals surface area contributed by atoms with Crippen LogP contribution in [0.3, 0.4) is 0 Å². The van der Waals surface area contributed by atoms with E-state index in [1.54, 1.807) is 0 Å². The Morgan fingerprint density at radius 1 is 1.30 bits per heavy atom. The van der Waals surface area contributed by atoms with Crippen molar-refractivity contribution in [2.45, 2.75) is 52.2 Å². The summed E-state index contributed by atoms with van der Waals surface area (Å²) in [6, 6.07) is 0. The van der Waals surface area contributed by atoms with Crippen molar-refractivity contribution in [1.29, 1.82) is 0 Å². The molecule has 6 heteroatoms. The number of rotatable bonds is 6. The van der Waals surface area contributed by atoms with Crippen molar-refractivity contribution >= 4 is 5.91 Å². The van der Waals surface area contributed by atoms with Gasteiger partial charge in [-0.3, -0.25) is 9.69 Å². The van der Waals surface area contributed by atoms with Gasteiger partial charge in [-0.25, -0.2) is 4.98 Å². The van der Waals surface area contributed by atoms with Crippen LogP contribution in [0.25, 0.3) is 0 Å². The molecule has 2 saturated heterocycles. The molecule has 1 atom stereocenters. The van der Waals surface area contributed by atoms with Crippen molar-refractivity contribution < 1.29 is 13.9 Å². The van der Waals surface area contributed by atoms with Gasteiger partial charge >= 0.3 is 0 Å². The summed E-state index contributed by atoms with van der Waals surface area (Å²) in [7, 11) is 0. The Bertz CT molecular complexity index is 512. The van der Waals surface area contributed by atoms with Crippen LogP contribution in [0.2, 0.25) is 0 Å². The molecule has 0 aliphatic carbocycles. The van der Waals surface area contributed by atoms with Gasteiger partial charge < -0.3 is 14.1 Å². The summed E-state index contributed by atoms with van der Waals surface area (Å²) in [6.45, 7) is 8.23. The zero-order valence-corrected chi connectivity index (χ0v) is 14.2. The number of amides is 1. The summed E-state index contributed by atoms with van der Waals surface area (Å²) in [5.74, 6) is 1.75. The molecule has 2 fully saturated rings. The number of carbonyl (C=O) groups is 1. The van der Waals surface area contributed by atoms with E-state index in [1.165, 1.54) is 0 Å². The van der Waals surface area contributed by atoms with E-state index in [0.717, 1.165) is 63.4 Å². The average molecular weight is 321 g/mol. The first-order chi connectivity index (χ1) is 11.1. The fourth-order valence-corrected chi connectivity index (χ4v) is 3.32. The quantitative estimate of drug-likeness (QED) is 0.801. The Morgan fingerprint density at radius 3 is 2.70 bits per heavy atom. The van der Waals surface area contributed by atoms with Gasteiger partial charge in [-0.15, -0.1) is 0 Å². The van der Waals surface area contributed by atoms with Gasteiger partial charge in [-0.05, 0) is 39.5 Å². The molecule has 1 aromatic heterocycles. The molecular formula is C17H27N3O3. The highest BCUT2D eigenvalue weighted by Crippen LogP contribution is 2.17. The first-order valence-electron chi connectivity index (χ1n) is 8.66. The first-order valence-corrected chi connectivity index (χ1v) is 8.66. The molecule has 23 heavy (non-hydrogen) atoms. The zero-order valence-electron chi connectivity index (χ0n) is 14.2. The predicted molar refractivity (Wildman–Crippen MR) is 86.0 cm³/mol. The van der Waals surface area contributed by atoms with Gasteiger partial charge in [0.15, 0.2) is 0 Å². The Balaban J connectivity index is 1.63. The molecule has 0 saturated carbocycles. The van der Waals surface area contributed by atoms with E-state index in [4.69, 9.17) is 9.15 Å². The third-order valence-corrected chi connectivity index (χ3v) is 4.74. The Hall–Kier alpha value is -1.40. The largest absolute Gasteiger partial charge is 0.444 e. The third-order valence-electron chi connectivity index (χ3n) is 4.74. The molecule has 3 rings (SSSR count). The van der Waals surface area contributed by atoms with Crippen LogP contribution < -0.4 is 0 Å². The number of aryl methyl sites for hydroxylation is 2. The number of hydrogen-bond acceptors (Lipinski definition) is 5. The lowest BCUT2D eigenvalue weighted by molar-refractivity contribution is -0.131. The molecule has 3 heterocycles. The van der Waals surface area contributed by atoms with Crippen LogP contribution in [0.5, 0.6) is 0 Å². The second-order valence-corrected chi connectivity index (χ2v) is 6.64. The second-order valence-electron chi connectivity index (χ2n) is 6.64. The van der Waals surface area contributed by atoms with Crippen molar-refractivity contribution in [2.24, 2.45) is 0 Å². The SMILES string of the molecule is Cc1nc(CN(CC(=O)N2CCCC2)C[C@@H]2CCCO2)oc1C. The molecule has 0 aromatic carbocycles. The highest BCUT2D eigenvalue weighted by Gasteiger charge is 2.25. The predicted octanol–water partition coefficient (Wildman–Crippen LogP) is 1.89. The summed E-state index contributed by atoms with van der Waals surface area (Å²) in [5, 5.41) is 0. The fourth-order valence-electron chi connectivity index (χ4n) is 3.32. The maximum absolute atomic E-state index is 12.5. The van der Waals surface area contributed by atoms with E-state index in [0.29, 0.717) is 19.0 Å². The molecule has 0 spiro atoms. The summed E-state index contributed by atoms with van der Waals surface area (Å²) in [4.78, 5) is 21.0. The number of nitrogens with zero attached hydrogens (tertiary/aromatic N) is 3. The van der Waals surface area contributed by atoms with Gasteiger partial charge in [0.2, 0.25) is 11.8 Å². The van der Waals surface area contributed by atoms with Crippen LogP contribution in [0, 0.1) is 13.8 Å². The summed E-state index contributed by atoms with van der Waals surface area (Å²) in [6.07, 6.45) is 4.64. The van der Waals surface area contributed by atoms with Crippen LogP contribution in [0.15, 0.2) is 4.42 Å². The molecule has 128 valence electrons. The molecule has 1 amide bonds. The van der Waals surface area contributed by atoms with Gasteiger partial charge in [0.1, 0.15) is 5.76 Å². The molecule has 0 radical (unpaired) electrons. The molecule has 0 N–H and O–H groups in total. The molecule has 1 aromatic rings. The molecular weight excluding hydrogens is 294 g/mol. The van der Waals surface area contributed by atoms with E-state index < -0.39 is 0 Å². The molecule has 0 bridgehead atoms. The summed E-state index contributed by atoms with van der Waals surface area (Å²) in [5.41, 5.74) is 0.919. The highest BCUT2D eigenvalue weighted by atomic mass is 16.5. The number of oxazole rings is 1. The van der Waals surface area contributed by atoms with E-state index in [2.05, 4.69) is 9.88 Å². The first kappa shape index (κ1) is 16.5. The van der Waals surface area contributed by atoms with Crippen LogP contribution >= 0.6 is 0 Å². The molecule has 2 aliphatic heterocycles. The van der Waals surface area contributed by atoms with E-state index >= 15 is 0 Å². The molecule has 2 aliphatic rings. The maximum Gasteiger partial charge on any atom is 0.236 e. The minimum absolute atomic E-state index is 0.209. The van der Waals surface area contributed by atoms with E-state index in [1.807, 2.05) is 18.7 Å². The van der Waals surface area contributed by atoms with E-state index in [9.17, 15) is 4.79 Å². The summed E-state index contributed by atoms with van der Waals surface area (Å²) < 4.78 is 11.4. The monoisotopic (exact) mass is 321 g/mol. The van der Waals surface area contributed by atoms with Crippen molar-refractivity contribution in [3.05, 3.63) is 17.3 Å². The van der Waals surface area contributed by atoms with Gasteiger partial charge in [0, 0.05) is 26.2 Å². The molecule has 6 nitrogen and oxygen atoms in total. The van der Waals surface area contributed by atoms with E-state index in [-0.39, 0.29) is 12.0 Å². The smallest absolute Gasteiger partial charge is 0.236 e.